The highest BCUT2D eigenvalue weighted by molar-refractivity contribution is 5.85. The number of aromatic nitrogens is 1. The van der Waals surface area contributed by atoms with Crippen molar-refractivity contribution in [3.63, 3.8) is 0 Å². The molecule has 5 unspecified atom stereocenters. The molecule has 3 aliphatic rings. The number of hydrogen-bond acceptors (Lipinski definition) is 3. The Kier molecular flexibility index (Phi) is 7.53. The summed E-state index contributed by atoms with van der Waals surface area (Å²) in [4.78, 5) is 6.86. The lowest BCUT2D eigenvalue weighted by atomic mass is 9.73. The molecular weight excluding hydrogens is 340 g/mol. The number of nitrogens with zero attached hydrogens (tertiary/aromatic N) is 2. The minimum absolute atomic E-state index is 0. The van der Waals surface area contributed by atoms with E-state index in [0.29, 0.717) is 11.8 Å². The van der Waals surface area contributed by atoms with Gasteiger partial charge in [0.15, 0.2) is 0 Å². The fourth-order valence-corrected chi connectivity index (χ4v) is 4.29. The van der Waals surface area contributed by atoms with Gasteiger partial charge in [-0.1, -0.05) is 24.3 Å². The van der Waals surface area contributed by atoms with E-state index in [1.54, 1.807) is 0 Å². The molecule has 25 heavy (non-hydrogen) atoms. The van der Waals surface area contributed by atoms with Crippen LogP contribution in [0.25, 0.3) is 10.9 Å². The number of piperidine rings is 3. The first kappa shape index (κ1) is 21.5. The molecule has 0 amide bonds. The van der Waals surface area contributed by atoms with E-state index < -0.39 is 6.10 Å². The van der Waals surface area contributed by atoms with Gasteiger partial charge in [-0.2, -0.15) is 0 Å². The molecule has 0 radical (unpaired) electrons. The average molecular weight is 367 g/mol. The van der Waals surface area contributed by atoms with Crippen molar-refractivity contribution < 1.29 is 16.1 Å². The largest absolute Gasteiger partial charge is 0.412 e. The van der Waals surface area contributed by atoms with Crippen LogP contribution in [0.5, 0.6) is 0 Å². The van der Waals surface area contributed by atoms with E-state index in [9.17, 15) is 5.11 Å². The summed E-state index contributed by atoms with van der Waals surface area (Å²) in [5, 5.41) is 12.1. The van der Waals surface area contributed by atoms with Crippen LogP contribution in [0.4, 0.5) is 0 Å². The van der Waals surface area contributed by atoms with Crippen LogP contribution in [0.1, 0.15) is 24.5 Å². The summed E-state index contributed by atoms with van der Waals surface area (Å²) in [7, 11) is 0. The number of pyridine rings is 1. The van der Waals surface area contributed by atoms with E-state index in [-0.39, 0.29) is 29.4 Å². The molecule has 138 valence electrons. The maximum Gasteiger partial charge on any atom is 0.0952 e. The summed E-state index contributed by atoms with van der Waals surface area (Å²) < 4.78 is 0. The number of aliphatic hydroxyl groups excluding tert-OH is 1. The highest BCUT2D eigenvalue weighted by Crippen LogP contribution is 2.41. The van der Waals surface area contributed by atoms with Crippen LogP contribution >= 0.6 is 12.4 Å². The van der Waals surface area contributed by atoms with Crippen LogP contribution in [-0.4, -0.2) is 45.1 Å². The van der Waals surface area contributed by atoms with Crippen molar-refractivity contribution in [2.75, 3.05) is 13.1 Å². The van der Waals surface area contributed by atoms with Gasteiger partial charge < -0.3 is 16.1 Å². The molecule has 0 spiro atoms. The molecule has 0 aliphatic carbocycles. The lowest BCUT2D eigenvalue weighted by Crippen LogP contribution is -2.54. The van der Waals surface area contributed by atoms with Crippen LogP contribution in [0.15, 0.2) is 49.2 Å². The number of hydrogen-bond donors (Lipinski definition) is 1. The minimum atomic E-state index is -0.443. The van der Waals surface area contributed by atoms with Crippen molar-refractivity contribution in [3.05, 3.63) is 54.7 Å². The van der Waals surface area contributed by atoms with E-state index in [4.69, 9.17) is 0 Å². The molecule has 5 nitrogen and oxygen atoms in total. The second-order valence-corrected chi connectivity index (χ2v) is 6.61. The Labute approximate surface area is 154 Å². The lowest BCUT2D eigenvalue weighted by Gasteiger charge is -2.50. The first-order valence-electron chi connectivity index (χ1n) is 8.16. The summed E-state index contributed by atoms with van der Waals surface area (Å²) >= 11 is 0. The number of benzene rings is 1. The maximum atomic E-state index is 11.0. The molecule has 3 fully saturated rings. The lowest BCUT2D eigenvalue weighted by molar-refractivity contribution is -0.0444. The summed E-state index contributed by atoms with van der Waals surface area (Å²) in [6.07, 6.45) is 5.76. The Bertz CT molecular complexity index is 707. The molecule has 2 bridgehead atoms. The second kappa shape index (κ2) is 8.74. The highest BCUT2D eigenvalue weighted by Gasteiger charge is 2.42. The molecule has 5 atom stereocenters. The highest BCUT2D eigenvalue weighted by atomic mass is 35.5. The zero-order valence-electron chi connectivity index (χ0n) is 14.1. The molecule has 6 heteroatoms. The van der Waals surface area contributed by atoms with Crippen molar-refractivity contribution >= 4 is 23.3 Å². The standard InChI is InChI=1S/C19H22N2O.ClH.2H2O/c1-2-13-12-21-10-8-14(13)11-18(21)19(22)16-7-9-20-17-6-4-3-5-15(16)17;;;/h2-7,9,13-14,18-19,22H,1,8,10-12H2;1H;2*1H2. The number of fused-ring (bicyclic) bond motifs is 4. The van der Waals surface area contributed by atoms with Gasteiger partial charge in [0.05, 0.1) is 11.6 Å². The first-order chi connectivity index (χ1) is 10.8. The van der Waals surface area contributed by atoms with Crippen molar-refractivity contribution in [2.45, 2.75) is 25.0 Å². The van der Waals surface area contributed by atoms with Gasteiger partial charge in [-0.05, 0) is 48.9 Å². The van der Waals surface area contributed by atoms with Crippen LogP contribution in [-0.2, 0) is 0 Å². The van der Waals surface area contributed by atoms with Gasteiger partial charge >= 0.3 is 0 Å². The van der Waals surface area contributed by atoms with Crippen molar-refractivity contribution in [3.8, 4) is 0 Å². The molecule has 4 heterocycles. The van der Waals surface area contributed by atoms with E-state index in [2.05, 4.69) is 28.6 Å². The van der Waals surface area contributed by atoms with Crippen LogP contribution in [0, 0.1) is 11.8 Å². The molecule has 3 saturated heterocycles. The Hall–Kier alpha value is -1.50. The SMILES string of the molecule is C=CC1CN2CCC1CC2C(O)c1ccnc2ccccc12.Cl.O.O. The first-order valence-corrected chi connectivity index (χ1v) is 8.16. The summed E-state index contributed by atoms with van der Waals surface area (Å²) in [6.45, 7) is 6.11. The molecular formula is C19H27ClN2O3. The second-order valence-electron chi connectivity index (χ2n) is 6.61. The third-order valence-corrected chi connectivity index (χ3v) is 5.52. The van der Waals surface area contributed by atoms with E-state index in [1.807, 2.05) is 30.5 Å². The fraction of sp³-hybridized carbons (Fsp3) is 0.421. The summed E-state index contributed by atoms with van der Waals surface area (Å²) in [6, 6.07) is 10.3. The zero-order valence-corrected chi connectivity index (χ0v) is 15.0. The van der Waals surface area contributed by atoms with Crippen molar-refractivity contribution in [1.29, 1.82) is 0 Å². The Morgan fingerprint density at radius 1 is 1.24 bits per heavy atom. The average Bonchev–Trinajstić information content (AvgIpc) is 2.60. The quantitative estimate of drug-likeness (QED) is 0.840. The van der Waals surface area contributed by atoms with Gasteiger partial charge in [-0.25, -0.2) is 0 Å². The van der Waals surface area contributed by atoms with Crippen LogP contribution in [0.2, 0.25) is 0 Å². The van der Waals surface area contributed by atoms with Gasteiger partial charge in [0.25, 0.3) is 0 Å². The summed E-state index contributed by atoms with van der Waals surface area (Å²) in [5.74, 6) is 1.27. The molecule has 2 aromatic rings. The Balaban J connectivity index is 0.00000104. The Morgan fingerprint density at radius 2 is 2.00 bits per heavy atom. The number of para-hydroxylation sites is 1. The minimum Gasteiger partial charge on any atom is -0.412 e. The van der Waals surface area contributed by atoms with Crippen LogP contribution < -0.4 is 0 Å². The summed E-state index contributed by atoms with van der Waals surface area (Å²) in [5.41, 5.74) is 1.97. The molecule has 1 aromatic heterocycles. The van der Waals surface area contributed by atoms with Gasteiger partial charge in [-0.3, -0.25) is 9.88 Å². The van der Waals surface area contributed by atoms with E-state index in [1.165, 1.54) is 6.42 Å². The van der Waals surface area contributed by atoms with Gasteiger partial charge in [0.1, 0.15) is 0 Å². The predicted molar refractivity (Wildman–Crippen MR) is 103 cm³/mol. The van der Waals surface area contributed by atoms with Gasteiger partial charge in [0.2, 0.25) is 0 Å². The third-order valence-electron chi connectivity index (χ3n) is 5.52. The van der Waals surface area contributed by atoms with Crippen molar-refractivity contribution in [1.82, 2.24) is 9.88 Å². The zero-order chi connectivity index (χ0) is 15.1. The van der Waals surface area contributed by atoms with Crippen molar-refractivity contribution in [2.24, 2.45) is 11.8 Å². The molecule has 0 saturated carbocycles. The Morgan fingerprint density at radius 3 is 2.68 bits per heavy atom. The number of rotatable bonds is 3. The molecule has 1 aromatic carbocycles. The fourth-order valence-electron chi connectivity index (χ4n) is 4.29. The van der Waals surface area contributed by atoms with E-state index >= 15 is 0 Å². The number of halogens is 1. The monoisotopic (exact) mass is 366 g/mol. The topological polar surface area (TPSA) is 99.4 Å². The van der Waals surface area contributed by atoms with E-state index in [0.717, 1.165) is 36.0 Å². The smallest absolute Gasteiger partial charge is 0.0952 e. The molecule has 5 rings (SSSR count). The van der Waals surface area contributed by atoms with Crippen LogP contribution in [0.3, 0.4) is 0 Å². The van der Waals surface area contributed by atoms with Gasteiger partial charge in [0, 0.05) is 24.2 Å². The number of aliphatic hydroxyl groups is 1. The molecule has 3 aliphatic heterocycles. The maximum absolute atomic E-state index is 11.0. The predicted octanol–water partition coefficient (Wildman–Crippen LogP) is 1.94. The normalized spacial score (nSPS) is 28.2. The third kappa shape index (κ3) is 3.71. The molecule has 5 N–H and O–H groups in total. The van der Waals surface area contributed by atoms with Gasteiger partial charge in [-0.15, -0.1) is 19.0 Å².